The van der Waals surface area contributed by atoms with Gasteiger partial charge in [0.1, 0.15) is 11.3 Å². The normalized spacial score (nSPS) is 11.2. The van der Waals surface area contributed by atoms with Gasteiger partial charge in [-0.2, -0.15) is 0 Å². The summed E-state index contributed by atoms with van der Waals surface area (Å²) in [6.07, 6.45) is 0.818. The molecule has 0 unspecified atom stereocenters. The maximum Gasteiger partial charge on any atom is 0.151 e. The van der Waals surface area contributed by atoms with E-state index in [1.54, 1.807) is 6.07 Å². The highest BCUT2D eigenvalue weighted by molar-refractivity contribution is 5.76. The highest BCUT2D eigenvalue weighted by Gasteiger charge is 2.11. The van der Waals surface area contributed by atoms with E-state index in [0.29, 0.717) is 5.52 Å². The van der Waals surface area contributed by atoms with Gasteiger partial charge in [0.15, 0.2) is 5.82 Å². The smallest absolute Gasteiger partial charge is 0.151 e. The van der Waals surface area contributed by atoms with Crippen molar-refractivity contribution in [3.05, 3.63) is 29.8 Å². The average molecular weight is 221 g/mol. The van der Waals surface area contributed by atoms with Gasteiger partial charge in [-0.05, 0) is 26.1 Å². The molecule has 2 rings (SSSR count). The fourth-order valence-electron chi connectivity index (χ4n) is 1.94. The van der Waals surface area contributed by atoms with E-state index in [1.807, 2.05) is 13.1 Å². The Morgan fingerprint density at radius 3 is 2.94 bits per heavy atom. The van der Waals surface area contributed by atoms with Crippen LogP contribution in [0.3, 0.4) is 0 Å². The molecule has 3 nitrogen and oxygen atoms in total. The third kappa shape index (κ3) is 1.80. The SMILES string of the molecule is CCn1c(CCNC)nc2c(F)cccc21. The first kappa shape index (κ1) is 11.1. The lowest BCUT2D eigenvalue weighted by Gasteiger charge is -2.05. The predicted octanol–water partition coefficient (Wildman–Crippen LogP) is 1.96. The molecule has 0 fully saturated rings. The van der Waals surface area contributed by atoms with E-state index < -0.39 is 0 Å². The van der Waals surface area contributed by atoms with Gasteiger partial charge >= 0.3 is 0 Å². The standard InChI is InChI=1S/C12H16FN3/c1-3-16-10-6-4-5-9(13)12(10)15-11(16)7-8-14-2/h4-6,14H,3,7-8H2,1-2H3. The molecule has 1 aromatic carbocycles. The third-order valence-electron chi connectivity index (χ3n) is 2.72. The summed E-state index contributed by atoms with van der Waals surface area (Å²) in [7, 11) is 1.90. The molecule has 0 bridgehead atoms. The second kappa shape index (κ2) is 4.61. The molecule has 4 heteroatoms. The van der Waals surface area contributed by atoms with Crippen molar-refractivity contribution in [1.82, 2.24) is 14.9 Å². The molecule has 0 aliphatic rings. The number of fused-ring (bicyclic) bond motifs is 1. The summed E-state index contributed by atoms with van der Waals surface area (Å²) < 4.78 is 15.6. The van der Waals surface area contributed by atoms with Gasteiger partial charge < -0.3 is 9.88 Å². The Morgan fingerprint density at radius 1 is 1.44 bits per heavy atom. The van der Waals surface area contributed by atoms with Crippen LogP contribution in [0.4, 0.5) is 4.39 Å². The van der Waals surface area contributed by atoms with E-state index >= 15 is 0 Å². The zero-order chi connectivity index (χ0) is 11.5. The topological polar surface area (TPSA) is 29.9 Å². The van der Waals surface area contributed by atoms with Crippen molar-refractivity contribution < 1.29 is 4.39 Å². The molecular weight excluding hydrogens is 205 g/mol. The summed E-state index contributed by atoms with van der Waals surface area (Å²) in [5.74, 6) is 0.701. The molecule has 0 radical (unpaired) electrons. The van der Waals surface area contributed by atoms with Crippen LogP contribution in [0.25, 0.3) is 11.0 Å². The van der Waals surface area contributed by atoms with Crippen molar-refractivity contribution in [1.29, 1.82) is 0 Å². The summed E-state index contributed by atoms with van der Waals surface area (Å²) >= 11 is 0. The number of likely N-dealkylation sites (N-methyl/N-ethyl adjacent to an activating group) is 1. The van der Waals surface area contributed by atoms with Gasteiger partial charge in [0.2, 0.25) is 0 Å². The number of nitrogens with one attached hydrogen (secondary N) is 1. The van der Waals surface area contributed by atoms with Gasteiger partial charge in [-0.15, -0.1) is 0 Å². The molecule has 0 saturated carbocycles. The van der Waals surface area contributed by atoms with Gasteiger partial charge in [-0.3, -0.25) is 0 Å². The van der Waals surface area contributed by atoms with Gasteiger partial charge in [-0.1, -0.05) is 6.07 Å². The number of halogens is 1. The largest absolute Gasteiger partial charge is 0.328 e. The molecule has 16 heavy (non-hydrogen) atoms. The van der Waals surface area contributed by atoms with E-state index in [1.165, 1.54) is 6.07 Å². The second-order valence-corrected chi connectivity index (χ2v) is 3.73. The van der Waals surface area contributed by atoms with Crippen molar-refractivity contribution in [2.24, 2.45) is 0 Å². The van der Waals surface area contributed by atoms with Crippen LogP contribution in [-0.2, 0) is 13.0 Å². The van der Waals surface area contributed by atoms with E-state index in [4.69, 9.17) is 0 Å². The van der Waals surface area contributed by atoms with Crippen LogP contribution in [-0.4, -0.2) is 23.1 Å². The quantitative estimate of drug-likeness (QED) is 0.855. The summed E-state index contributed by atoms with van der Waals surface area (Å²) in [4.78, 5) is 4.37. The van der Waals surface area contributed by atoms with Crippen LogP contribution in [0.5, 0.6) is 0 Å². The summed E-state index contributed by atoms with van der Waals surface area (Å²) in [5, 5.41) is 3.08. The highest BCUT2D eigenvalue weighted by Crippen LogP contribution is 2.19. The molecule has 0 aliphatic carbocycles. The van der Waals surface area contributed by atoms with Crippen LogP contribution in [0, 0.1) is 5.82 Å². The lowest BCUT2D eigenvalue weighted by atomic mass is 10.3. The van der Waals surface area contributed by atoms with Crippen LogP contribution >= 0.6 is 0 Å². The summed E-state index contributed by atoms with van der Waals surface area (Å²) in [5.41, 5.74) is 1.36. The zero-order valence-electron chi connectivity index (χ0n) is 9.63. The molecule has 0 amide bonds. The predicted molar refractivity (Wildman–Crippen MR) is 63.0 cm³/mol. The van der Waals surface area contributed by atoms with E-state index in [2.05, 4.69) is 21.8 Å². The number of hydrogen-bond acceptors (Lipinski definition) is 2. The van der Waals surface area contributed by atoms with Gasteiger partial charge in [0.25, 0.3) is 0 Å². The maximum absolute atomic E-state index is 13.5. The van der Waals surface area contributed by atoms with Crippen LogP contribution in [0.1, 0.15) is 12.7 Å². The molecule has 0 atom stereocenters. The van der Waals surface area contributed by atoms with Crippen molar-refractivity contribution in [2.75, 3.05) is 13.6 Å². The Labute approximate surface area is 94.3 Å². The van der Waals surface area contributed by atoms with Gasteiger partial charge in [0, 0.05) is 19.5 Å². The van der Waals surface area contributed by atoms with Crippen molar-refractivity contribution in [3.8, 4) is 0 Å². The number of imidazole rings is 1. The lowest BCUT2D eigenvalue weighted by Crippen LogP contribution is -2.13. The minimum atomic E-state index is -0.240. The molecule has 86 valence electrons. The number of benzene rings is 1. The molecule has 1 aromatic heterocycles. The Balaban J connectivity index is 2.52. The monoisotopic (exact) mass is 221 g/mol. The Hall–Kier alpha value is -1.42. The fraction of sp³-hybridized carbons (Fsp3) is 0.417. The Bertz CT molecular complexity index is 490. The van der Waals surface area contributed by atoms with Crippen molar-refractivity contribution in [2.45, 2.75) is 19.9 Å². The van der Waals surface area contributed by atoms with Crippen molar-refractivity contribution >= 4 is 11.0 Å². The van der Waals surface area contributed by atoms with Gasteiger partial charge in [-0.25, -0.2) is 9.37 Å². The van der Waals surface area contributed by atoms with Crippen LogP contribution < -0.4 is 5.32 Å². The first-order valence-corrected chi connectivity index (χ1v) is 5.56. The van der Waals surface area contributed by atoms with Gasteiger partial charge in [0.05, 0.1) is 5.52 Å². The zero-order valence-corrected chi connectivity index (χ0v) is 9.63. The maximum atomic E-state index is 13.5. The fourth-order valence-corrected chi connectivity index (χ4v) is 1.94. The second-order valence-electron chi connectivity index (χ2n) is 3.73. The van der Waals surface area contributed by atoms with E-state index in [9.17, 15) is 4.39 Å². The average Bonchev–Trinajstić information content (AvgIpc) is 2.65. The Morgan fingerprint density at radius 2 is 2.25 bits per heavy atom. The first-order chi connectivity index (χ1) is 7.77. The van der Waals surface area contributed by atoms with Crippen LogP contribution in [0.2, 0.25) is 0 Å². The molecule has 1 N–H and O–H groups in total. The minimum Gasteiger partial charge on any atom is -0.328 e. The summed E-state index contributed by atoms with van der Waals surface area (Å²) in [6, 6.07) is 5.10. The molecule has 2 aromatic rings. The third-order valence-corrected chi connectivity index (χ3v) is 2.72. The molecule has 0 saturated heterocycles. The first-order valence-electron chi connectivity index (χ1n) is 5.56. The lowest BCUT2D eigenvalue weighted by molar-refractivity contribution is 0.636. The van der Waals surface area contributed by atoms with Crippen LogP contribution in [0.15, 0.2) is 18.2 Å². The van der Waals surface area contributed by atoms with E-state index in [0.717, 1.165) is 30.9 Å². The molecular formula is C12H16FN3. The molecule has 0 spiro atoms. The molecule has 0 aliphatic heterocycles. The highest BCUT2D eigenvalue weighted by atomic mass is 19.1. The Kier molecular flexibility index (Phi) is 3.19. The van der Waals surface area contributed by atoms with Crippen molar-refractivity contribution in [3.63, 3.8) is 0 Å². The summed E-state index contributed by atoms with van der Waals surface area (Å²) in [6.45, 7) is 3.72. The number of aromatic nitrogens is 2. The molecule has 1 heterocycles. The number of para-hydroxylation sites is 1. The number of hydrogen-bond donors (Lipinski definition) is 1. The number of nitrogens with zero attached hydrogens (tertiary/aromatic N) is 2. The van der Waals surface area contributed by atoms with E-state index in [-0.39, 0.29) is 5.82 Å². The minimum absolute atomic E-state index is 0.240. The number of rotatable bonds is 4. The number of aryl methyl sites for hydroxylation is 1.